The molecule has 0 aliphatic carbocycles. The molecule has 0 aromatic carbocycles. The first-order valence-electron chi connectivity index (χ1n) is 1.82. The molecule has 0 aliphatic rings. The van der Waals surface area contributed by atoms with Gasteiger partial charge in [0.25, 0.3) is 0 Å². The summed E-state index contributed by atoms with van der Waals surface area (Å²) in [7, 11) is 0. The molecule has 0 aromatic heterocycles. The average molecular weight is 292 g/mol. The molecule has 0 spiro atoms. The monoisotopic (exact) mass is 292 g/mol. The zero-order valence-corrected chi connectivity index (χ0v) is 7.14. The maximum absolute atomic E-state index is 8.61. The second-order valence-corrected chi connectivity index (χ2v) is 2.25. The van der Waals surface area contributed by atoms with Crippen LogP contribution < -0.4 is 11.5 Å². The van der Waals surface area contributed by atoms with Crippen LogP contribution in [0.5, 0.6) is 0 Å². The van der Waals surface area contributed by atoms with Gasteiger partial charge in [-0.1, -0.05) is 0 Å². The number of hydrogen-bond donors (Lipinski definition) is 2. The molecule has 8 heavy (non-hydrogen) atoms. The van der Waals surface area contributed by atoms with Crippen molar-refractivity contribution in [3.05, 3.63) is 0 Å². The molecule has 50 valence electrons. The van der Waals surface area contributed by atoms with E-state index >= 15 is 0 Å². The maximum atomic E-state index is 8.61. The van der Waals surface area contributed by atoms with Crippen LogP contribution in [0.2, 0.25) is 0 Å². The van der Waals surface area contributed by atoms with Gasteiger partial charge in [-0.2, -0.15) is 0 Å². The summed E-state index contributed by atoms with van der Waals surface area (Å²) in [4.78, 5) is 0. The van der Waals surface area contributed by atoms with Crippen molar-refractivity contribution in [1.82, 2.24) is 0 Å². The Hall–Kier alpha value is 0.00831. The van der Waals surface area contributed by atoms with Crippen LogP contribution in [0.25, 0.3) is 0 Å². The predicted octanol–water partition coefficient (Wildman–Crippen LogP) is -1.46. The van der Waals surface area contributed by atoms with Gasteiger partial charge in [-0.25, -0.2) is 0 Å². The zero-order chi connectivity index (χ0) is 6.99. The number of nitrogens with two attached hydrogens (primary N) is 2. The first-order chi connectivity index (χ1) is 3.65. The minimum absolute atomic E-state index is 0.597. The Bertz CT molecular complexity index is 104. The number of rotatable bonds is 1. The van der Waals surface area contributed by atoms with Crippen LogP contribution in [-0.2, 0) is 27.4 Å². The summed E-state index contributed by atoms with van der Waals surface area (Å²) in [5.41, 5.74) is 9.81. The van der Waals surface area contributed by atoms with E-state index in [1.807, 2.05) is 0 Å². The molecule has 0 aromatic rings. The third-order valence-electron chi connectivity index (χ3n) is 0.167. The van der Waals surface area contributed by atoms with E-state index in [9.17, 15) is 0 Å². The molecule has 0 amide bonds. The van der Waals surface area contributed by atoms with Gasteiger partial charge < -0.3 is 11.5 Å². The van der Waals surface area contributed by atoms with Crippen molar-refractivity contribution < 1.29 is 27.4 Å². The molecule has 0 fully saturated rings. The summed E-state index contributed by atoms with van der Waals surface area (Å²) in [6.45, 7) is 1.19. The molecule has 6 heteroatoms. The van der Waals surface area contributed by atoms with Crippen LogP contribution in [0.1, 0.15) is 0 Å². The van der Waals surface area contributed by atoms with Crippen molar-refractivity contribution >= 4 is 0 Å². The summed E-state index contributed by atoms with van der Waals surface area (Å²) < 4.78 is 25.8. The van der Waals surface area contributed by atoms with E-state index in [1.165, 1.54) is 0 Å². The summed E-state index contributed by atoms with van der Waals surface area (Å²) in [5, 5.41) is 0. The first-order valence-corrected chi connectivity index (χ1v) is 5.41. The molecule has 0 aliphatic heterocycles. The van der Waals surface area contributed by atoms with E-state index in [0.717, 1.165) is 0 Å². The molecule has 0 bridgehead atoms. The molecular weight excluding hydrogens is 284 g/mol. The Labute approximate surface area is 52.5 Å². The van der Waals surface area contributed by atoms with Crippen molar-refractivity contribution in [2.45, 2.75) is 0 Å². The molecule has 0 heterocycles. The summed E-state index contributed by atoms with van der Waals surface area (Å²) in [6, 6.07) is 0. The van der Waals surface area contributed by atoms with Gasteiger partial charge in [-0.15, -0.1) is 0 Å². The average Bonchev–Trinajstić information content (AvgIpc) is 1.65. The van der Waals surface area contributed by atoms with Crippen molar-refractivity contribution in [2.24, 2.45) is 11.5 Å². The second kappa shape index (κ2) is 10.1. The zero-order valence-electron chi connectivity index (χ0n) is 4.20. The Morgan fingerprint density at radius 1 is 1.00 bits per heavy atom. The van der Waals surface area contributed by atoms with Crippen LogP contribution in [0.15, 0.2) is 0 Å². The van der Waals surface area contributed by atoms with Crippen LogP contribution in [-0.4, -0.2) is 13.1 Å². The van der Waals surface area contributed by atoms with Gasteiger partial charge in [0.2, 0.25) is 0 Å². The molecule has 0 rings (SSSR count). The topological polar surface area (TPSA) is 103 Å². The van der Waals surface area contributed by atoms with Crippen LogP contribution in [0, 0.1) is 0 Å². The van der Waals surface area contributed by atoms with E-state index < -0.39 is 17.2 Å². The minimum atomic E-state index is -4.28. The van der Waals surface area contributed by atoms with E-state index in [4.69, 9.17) is 21.7 Å². The van der Waals surface area contributed by atoms with Gasteiger partial charge in [0.05, 0.1) is 0 Å². The van der Waals surface area contributed by atoms with Crippen molar-refractivity contribution in [3.63, 3.8) is 0 Å². The second-order valence-electron chi connectivity index (χ2n) is 0.781. The molecule has 4 N–H and O–H groups in total. The quantitative estimate of drug-likeness (QED) is 0.615. The molecular formula is C2H8N2O3W. The van der Waals surface area contributed by atoms with Crippen molar-refractivity contribution in [2.75, 3.05) is 13.1 Å². The molecule has 0 saturated heterocycles. The third-order valence-corrected chi connectivity index (χ3v) is 0.167. The predicted molar refractivity (Wildman–Crippen MR) is 20.2 cm³/mol. The van der Waals surface area contributed by atoms with Gasteiger partial charge >= 0.3 is 27.4 Å². The van der Waals surface area contributed by atoms with E-state index in [1.54, 1.807) is 0 Å². The standard InChI is InChI=1S/C2H8N2.3O.W/c3-1-2-4;;;;/h1-4H2;;;;. The van der Waals surface area contributed by atoms with E-state index in [0.29, 0.717) is 13.1 Å². The normalized spacial score (nSPS) is 6.75. The van der Waals surface area contributed by atoms with Crippen LogP contribution in [0.3, 0.4) is 0 Å². The SMILES string of the molecule is NCCN.[O]=[W](=[O])=[O]. The fraction of sp³-hybridized carbons (Fsp3) is 1.00. The first kappa shape index (κ1) is 10.9. The Morgan fingerprint density at radius 2 is 1.12 bits per heavy atom. The number of hydrogen-bond acceptors (Lipinski definition) is 5. The third kappa shape index (κ3) is 148. The van der Waals surface area contributed by atoms with Gasteiger partial charge in [0.1, 0.15) is 0 Å². The van der Waals surface area contributed by atoms with Crippen LogP contribution >= 0.6 is 0 Å². The fourth-order valence-corrected chi connectivity index (χ4v) is 0. The Morgan fingerprint density at radius 3 is 1.12 bits per heavy atom. The van der Waals surface area contributed by atoms with Gasteiger partial charge in [0.15, 0.2) is 0 Å². The summed E-state index contributed by atoms with van der Waals surface area (Å²) in [5.74, 6) is 0. The Kier molecular flexibility index (Phi) is 13.7. The molecule has 0 radical (unpaired) electrons. The van der Waals surface area contributed by atoms with Gasteiger partial charge in [-0.3, -0.25) is 0 Å². The molecule has 5 nitrogen and oxygen atoms in total. The molecule has 0 unspecified atom stereocenters. The van der Waals surface area contributed by atoms with E-state index in [2.05, 4.69) is 0 Å². The molecule has 0 atom stereocenters. The fourth-order valence-electron chi connectivity index (χ4n) is 0. The summed E-state index contributed by atoms with van der Waals surface area (Å²) >= 11 is -4.28. The van der Waals surface area contributed by atoms with Crippen molar-refractivity contribution in [3.8, 4) is 0 Å². The van der Waals surface area contributed by atoms with Gasteiger partial charge in [0, 0.05) is 13.1 Å². The Balaban J connectivity index is 0. The van der Waals surface area contributed by atoms with Crippen LogP contribution in [0.4, 0.5) is 0 Å². The summed E-state index contributed by atoms with van der Waals surface area (Å²) in [6.07, 6.45) is 0. The van der Waals surface area contributed by atoms with E-state index in [-0.39, 0.29) is 0 Å². The van der Waals surface area contributed by atoms with Gasteiger partial charge in [-0.05, 0) is 0 Å². The van der Waals surface area contributed by atoms with Crippen molar-refractivity contribution in [1.29, 1.82) is 0 Å². The molecule has 0 saturated carbocycles.